The Morgan fingerprint density at radius 3 is 2.25 bits per heavy atom. The zero-order valence-electron chi connectivity index (χ0n) is 7.08. The van der Waals surface area contributed by atoms with Gasteiger partial charge in [-0.1, -0.05) is 0 Å². The number of ketones is 1. The number of carbonyl (C=O) groups excluding carboxylic acids is 1. The molecular formula is C6H12ClNO3S. The van der Waals surface area contributed by atoms with E-state index < -0.39 is 10.0 Å². The van der Waals surface area contributed by atoms with Crippen molar-refractivity contribution in [1.82, 2.24) is 4.31 Å². The first-order chi connectivity index (χ1) is 5.40. The van der Waals surface area contributed by atoms with Crippen molar-refractivity contribution in [2.24, 2.45) is 0 Å². The molecule has 0 bridgehead atoms. The van der Waals surface area contributed by atoms with E-state index in [0.29, 0.717) is 0 Å². The molecule has 6 heteroatoms. The predicted octanol–water partition coefficient (Wildman–Crippen LogP) is 0.0758. The SMILES string of the molecule is CN(C)S(=O)(=O)CCC(=O)CCl. The van der Waals surface area contributed by atoms with Crippen LogP contribution in [0.1, 0.15) is 6.42 Å². The molecule has 0 aromatic heterocycles. The maximum absolute atomic E-state index is 11.1. The summed E-state index contributed by atoms with van der Waals surface area (Å²) in [6, 6.07) is 0. The number of halogens is 1. The van der Waals surface area contributed by atoms with E-state index in [4.69, 9.17) is 11.6 Å². The second-order valence-electron chi connectivity index (χ2n) is 2.52. The van der Waals surface area contributed by atoms with Crippen LogP contribution in [0.3, 0.4) is 0 Å². The van der Waals surface area contributed by atoms with Gasteiger partial charge < -0.3 is 0 Å². The summed E-state index contributed by atoms with van der Waals surface area (Å²) in [7, 11) is -0.387. The summed E-state index contributed by atoms with van der Waals surface area (Å²) in [5, 5.41) is 0. The first kappa shape index (κ1) is 11.9. The van der Waals surface area contributed by atoms with E-state index in [-0.39, 0.29) is 23.8 Å². The highest BCUT2D eigenvalue weighted by Gasteiger charge is 2.14. The van der Waals surface area contributed by atoms with Gasteiger partial charge in [0.1, 0.15) is 5.78 Å². The molecule has 12 heavy (non-hydrogen) atoms. The maximum atomic E-state index is 11.1. The smallest absolute Gasteiger partial charge is 0.214 e. The third-order valence-corrected chi connectivity index (χ3v) is 3.48. The fourth-order valence-electron chi connectivity index (χ4n) is 0.492. The number of Topliss-reactive ketones (excluding diaryl/α,β-unsaturated/α-hetero) is 1. The average Bonchev–Trinajstić information content (AvgIpc) is 2.00. The van der Waals surface area contributed by atoms with Crippen LogP contribution in [0.5, 0.6) is 0 Å². The lowest BCUT2D eigenvalue weighted by Crippen LogP contribution is -2.26. The van der Waals surface area contributed by atoms with E-state index in [9.17, 15) is 13.2 Å². The third kappa shape index (κ3) is 4.04. The monoisotopic (exact) mass is 213 g/mol. The van der Waals surface area contributed by atoms with Crippen LogP contribution in [0.15, 0.2) is 0 Å². The van der Waals surface area contributed by atoms with Gasteiger partial charge in [0.15, 0.2) is 0 Å². The Morgan fingerprint density at radius 2 is 1.92 bits per heavy atom. The van der Waals surface area contributed by atoms with E-state index in [1.807, 2.05) is 0 Å². The van der Waals surface area contributed by atoms with Crippen molar-refractivity contribution in [2.75, 3.05) is 25.7 Å². The molecule has 0 radical (unpaired) electrons. The number of rotatable bonds is 5. The highest BCUT2D eigenvalue weighted by atomic mass is 35.5. The molecule has 0 saturated carbocycles. The number of nitrogens with zero attached hydrogens (tertiary/aromatic N) is 1. The van der Waals surface area contributed by atoms with Crippen LogP contribution in [0.25, 0.3) is 0 Å². The molecule has 0 aliphatic heterocycles. The molecule has 0 atom stereocenters. The first-order valence-corrected chi connectivity index (χ1v) is 5.52. The highest BCUT2D eigenvalue weighted by Crippen LogP contribution is 1.98. The summed E-state index contributed by atoms with van der Waals surface area (Å²) in [5.74, 6) is -0.531. The minimum atomic E-state index is -3.25. The van der Waals surface area contributed by atoms with Crippen molar-refractivity contribution in [3.8, 4) is 0 Å². The molecular weight excluding hydrogens is 202 g/mol. The van der Waals surface area contributed by atoms with Gasteiger partial charge in [-0.25, -0.2) is 12.7 Å². The van der Waals surface area contributed by atoms with Crippen LogP contribution < -0.4 is 0 Å². The minimum absolute atomic E-state index is 0.00991. The number of hydrogen-bond donors (Lipinski definition) is 0. The van der Waals surface area contributed by atoms with Gasteiger partial charge in [0, 0.05) is 20.5 Å². The Balaban J connectivity index is 4.02. The zero-order valence-corrected chi connectivity index (χ0v) is 8.65. The van der Waals surface area contributed by atoms with E-state index in [1.54, 1.807) is 0 Å². The number of alkyl halides is 1. The Labute approximate surface area is 77.5 Å². The largest absolute Gasteiger partial charge is 0.298 e. The molecule has 0 N–H and O–H groups in total. The predicted molar refractivity (Wildman–Crippen MR) is 47.8 cm³/mol. The van der Waals surface area contributed by atoms with Crippen LogP contribution in [0.4, 0.5) is 0 Å². The molecule has 0 unspecified atom stereocenters. The molecule has 0 fully saturated rings. The van der Waals surface area contributed by atoms with Crippen molar-refractivity contribution in [1.29, 1.82) is 0 Å². The topological polar surface area (TPSA) is 54.5 Å². The summed E-state index contributed by atoms with van der Waals surface area (Å²) in [6.07, 6.45) is -0.00991. The second-order valence-corrected chi connectivity index (χ2v) is 5.09. The Kier molecular flexibility index (Phi) is 4.74. The van der Waals surface area contributed by atoms with Gasteiger partial charge in [-0.2, -0.15) is 0 Å². The fraction of sp³-hybridized carbons (Fsp3) is 0.833. The molecule has 0 aromatic rings. The molecule has 0 aliphatic rings. The van der Waals surface area contributed by atoms with Crippen molar-refractivity contribution in [2.45, 2.75) is 6.42 Å². The van der Waals surface area contributed by atoms with Crippen LogP contribution in [0.2, 0.25) is 0 Å². The van der Waals surface area contributed by atoms with E-state index >= 15 is 0 Å². The molecule has 0 saturated heterocycles. The van der Waals surface area contributed by atoms with Gasteiger partial charge in [-0.3, -0.25) is 4.79 Å². The minimum Gasteiger partial charge on any atom is -0.298 e. The molecule has 0 rings (SSSR count). The van der Waals surface area contributed by atoms with Gasteiger partial charge >= 0.3 is 0 Å². The summed E-state index contributed by atoms with van der Waals surface area (Å²) in [5.41, 5.74) is 0. The van der Waals surface area contributed by atoms with E-state index in [1.165, 1.54) is 14.1 Å². The summed E-state index contributed by atoms with van der Waals surface area (Å²) in [6.45, 7) is 0. The van der Waals surface area contributed by atoms with Crippen LogP contribution in [-0.4, -0.2) is 44.2 Å². The lowest BCUT2D eigenvalue weighted by atomic mass is 10.3. The van der Waals surface area contributed by atoms with Gasteiger partial charge in [0.05, 0.1) is 11.6 Å². The van der Waals surface area contributed by atoms with Gasteiger partial charge in [0.2, 0.25) is 10.0 Å². The first-order valence-electron chi connectivity index (χ1n) is 3.38. The van der Waals surface area contributed by atoms with Crippen molar-refractivity contribution >= 4 is 27.4 Å². The molecule has 0 aromatic carbocycles. The molecule has 0 aliphatic carbocycles. The molecule has 0 heterocycles. The fourth-order valence-corrected chi connectivity index (χ4v) is 1.48. The highest BCUT2D eigenvalue weighted by molar-refractivity contribution is 7.89. The molecule has 72 valence electrons. The quantitative estimate of drug-likeness (QED) is 0.608. The summed E-state index contributed by atoms with van der Waals surface area (Å²) in [4.78, 5) is 10.7. The second kappa shape index (κ2) is 4.79. The number of hydrogen-bond acceptors (Lipinski definition) is 3. The van der Waals surface area contributed by atoms with E-state index in [2.05, 4.69) is 0 Å². The van der Waals surface area contributed by atoms with Gasteiger partial charge in [-0.15, -0.1) is 11.6 Å². The van der Waals surface area contributed by atoms with Crippen LogP contribution in [-0.2, 0) is 14.8 Å². The Bertz CT molecular complexity index is 248. The zero-order chi connectivity index (χ0) is 9.78. The summed E-state index contributed by atoms with van der Waals surface area (Å²) < 4.78 is 23.3. The number of sulfonamides is 1. The molecule has 4 nitrogen and oxygen atoms in total. The van der Waals surface area contributed by atoms with Gasteiger partial charge in [-0.05, 0) is 0 Å². The van der Waals surface area contributed by atoms with Crippen molar-refractivity contribution in [3.05, 3.63) is 0 Å². The normalized spacial score (nSPS) is 12.0. The maximum Gasteiger partial charge on any atom is 0.214 e. The average molecular weight is 214 g/mol. The van der Waals surface area contributed by atoms with Crippen LogP contribution in [0, 0.1) is 0 Å². The van der Waals surface area contributed by atoms with Gasteiger partial charge in [0.25, 0.3) is 0 Å². The Morgan fingerprint density at radius 1 is 1.42 bits per heavy atom. The number of carbonyl (C=O) groups is 1. The van der Waals surface area contributed by atoms with E-state index in [0.717, 1.165) is 4.31 Å². The van der Waals surface area contributed by atoms with Crippen LogP contribution >= 0.6 is 11.6 Å². The third-order valence-electron chi connectivity index (χ3n) is 1.34. The summed E-state index contributed by atoms with van der Waals surface area (Å²) >= 11 is 5.20. The Hall–Kier alpha value is -0.130. The van der Waals surface area contributed by atoms with Crippen molar-refractivity contribution in [3.63, 3.8) is 0 Å². The standard InChI is InChI=1S/C6H12ClNO3S/c1-8(2)12(10,11)4-3-6(9)5-7/h3-5H2,1-2H3. The molecule has 0 amide bonds. The lowest BCUT2D eigenvalue weighted by Gasteiger charge is -2.09. The molecule has 0 spiro atoms. The lowest BCUT2D eigenvalue weighted by molar-refractivity contribution is -0.116. The van der Waals surface area contributed by atoms with Crippen molar-refractivity contribution < 1.29 is 13.2 Å².